The van der Waals surface area contributed by atoms with E-state index in [9.17, 15) is 14.0 Å². The van der Waals surface area contributed by atoms with Gasteiger partial charge in [-0.1, -0.05) is 23.9 Å². The Balaban J connectivity index is 1.52. The average molecular weight is 444 g/mol. The van der Waals surface area contributed by atoms with Crippen molar-refractivity contribution in [3.05, 3.63) is 54.3 Å². The molecule has 2 atom stereocenters. The fraction of sp³-hybridized carbons (Fsp3) is 0.286. The molecule has 1 fully saturated rings. The van der Waals surface area contributed by atoms with Crippen LogP contribution in [-0.2, 0) is 9.59 Å². The van der Waals surface area contributed by atoms with Crippen LogP contribution in [-0.4, -0.2) is 42.1 Å². The first-order valence-corrected chi connectivity index (χ1v) is 10.9. The molecule has 2 heterocycles. The highest BCUT2D eigenvalue weighted by Crippen LogP contribution is 2.30. The van der Waals surface area contributed by atoms with E-state index in [1.165, 1.54) is 17.0 Å². The van der Waals surface area contributed by atoms with Crippen LogP contribution in [0.15, 0.2) is 53.5 Å². The maximum absolute atomic E-state index is 13.8. The molecule has 2 aromatic carbocycles. The Morgan fingerprint density at radius 3 is 2.81 bits per heavy atom. The van der Waals surface area contributed by atoms with Crippen LogP contribution in [0.4, 0.5) is 15.8 Å². The standard InChI is InChI=1S/C21H22FN5O3S/c1-2-30-14-9-7-13(8-10-14)27-20(29)15-11-23-26-19(15)25-21(27)31-12-18(28)24-17-6-4-3-5-16(17)22/h3-10,15,19,23,26H,2,11-12H2,1H3,(H,24,28). The van der Waals surface area contributed by atoms with Crippen LogP contribution >= 0.6 is 11.8 Å². The molecule has 2 aliphatic heterocycles. The number of carbonyl (C=O) groups excluding carboxylic acids is 2. The summed E-state index contributed by atoms with van der Waals surface area (Å²) < 4.78 is 19.3. The molecule has 2 aromatic rings. The van der Waals surface area contributed by atoms with Gasteiger partial charge in [0, 0.05) is 6.54 Å². The zero-order chi connectivity index (χ0) is 21.8. The fourth-order valence-corrected chi connectivity index (χ4v) is 4.19. The molecule has 0 saturated carbocycles. The third kappa shape index (κ3) is 4.71. The average Bonchev–Trinajstić information content (AvgIpc) is 3.24. The van der Waals surface area contributed by atoms with Gasteiger partial charge in [0.1, 0.15) is 17.7 Å². The Labute approximate surface area is 183 Å². The minimum absolute atomic E-state index is 0.0290. The van der Waals surface area contributed by atoms with Gasteiger partial charge in [0.25, 0.3) is 0 Å². The normalized spacial score (nSPS) is 20.3. The van der Waals surface area contributed by atoms with Gasteiger partial charge in [0.15, 0.2) is 5.17 Å². The SMILES string of the molecule is CCOc1ccc(N2C(=O)C3CNNC3N=C2SCC(=O)Nc2ccccc2F)cc1. The van der Waals surface area contributed by atoms with Gasteiger partial charge in [-0.2, -0.15) is 0 Å². The van der Waals surface area contributed by atoms with Gasteiger partial charge in [-0.05, 0) is 43.3 Å². The van der Waals surface area contributed by atoms with Gasteiger partial charge < -0.3 is 10.1 Å². The summed E-state index contributed by atoms with van der Waals surface area (Å²) in [7, 11) is 0. The van der Waals surface area contributed by atoms with Gasteiger partial charge in [-0.3, -0.25) is 19.9 Å². The Hall–Kier alpha value is -2.95. The number of benzene rings is 2. The summed E-state index contributed by atoms with van der Waals surface area (Å²) in [6.07, 6.45) is -0.399. The molecule has 1 saturated heterocycles. The van der Waals surface area contributed by atoms with Gasteiger partial charge in [0.2, 0.25) is 11.8 Å². The van der Waals surface area contributed by atoms with Crippen molar-refractivity contribution < 1.29 is 18.7 Å². The first-order valence-electron chi connectivity index (χ1n) is 9.87. The second-order valence-corrected chi connectivity index (χ2v) is 7.85. The molecule has 0 bridgehead atoms. The Kier molecular flexibility index (Phi) is 6.50. The number of hydrazine groups is 1. The largest absolute Gasteiger partial charge is 0.494 e. The molecule has 31 heavy (non-hydrogen) atoms. The lowest BCUT2D eigenvalue weighted by molar-refractivity contribution is -0.121. The van der Waals surface area contributed by atoms with Gasteiger partial charge in [-0.25, -0.2) is 14.8 Å². The lowest BCUT2D eigenvalue weighted by atomic mass is 10.0. The van der Waals surface area contributed by atoms with E-state index in [-0.39, 0.29) is 23.3 Å². The number of anilines is 2. The summed E-state index contributed by atoms with van der Waals surface area (Å²) in [5, 5.41) is 2.94. The summed E-state index contributed by atoms with van der Waals surface area (Å²) in [5.74, 6) is -0.684. The number of para-hydroxylation sites is 1. The molecule has 0 spiro atoms. The number of halogens is 1. The molecule has 162 valence electrons. The minimum Gasteiger partial charge on any atom is -0.494 e. The van der Waals surface area contributed by atoms with Gasteiger partial charge in [0.05, 0.1) is 29.7 Å². The van der Waals surface area contributed by atoms with Crippen molar-refractivity contribution >= 4 is 40.1 Å². The van der Waals surface area contributed by atoms with Crippen molar-refractivity contribution in [1.29, 1.82) is 0 Å². The number of rotatable bonds is 6. The number of nitrogens with zero attached hydrogens (tertiary/aromatic N) is 2. The predicted molar refractivity (Wildman–Crippen MR) is 118 cm³/mol. The first kappa shape index (κ1) is 21.3. The molecule has 3 N–H and O–H groups in total. The van der Waals surface area contributed by atoms with Crippen molar-refractivity contribution in [2.75, 3.05) is 29.1 Å². The minimum atomic E-state index is -0.508. The van der Waals surface area contributed by atoms with Crippen molar-refractivity contribution in [2.24, 2.45) is 10.9 Å². The number of amides is 2. The highest BCUT2D eigenvalue weighted by atomic mass is 32.2. The van der Waals surface area contributed by atoms with Crippen molar-refractivity contribution in [1.82, 2.24) is 10.9 Å². The molecule has 0 radical (unpaired) electrons. The molecule has 4 rings (SSSR count). The van der Waals surface area contributed by atoms with Crippen LogP contribution in [0.3, 0.4) is 0 Å². The molecule has 2 aliphatic rings. The van der Waals surface area contributed by atoms with Crippen LogP contribution in [0.2, 0.25) is 0 Å². The summed E-state index contributed by atoms with van der Waals surface area (Å²) in [6.45, 7) is 2.91. The van der Waals surface area contributed by atoms with Crippen LogP contribution in [0.25, 0.3) is 0 Å². The van der Waals surface area contributed by atoms with E-state index < -0.39 is 17.9 Å². The summed E-state index contributed by atoms with van der Waals surface area (Å²) >= 11 is 1.12. The highest BCUT2D eigenvalue weighted by molar-refractivity contribution is 8.14. The summed E-state index contributed by atoms with van der Waals surface area (Å²) in [4.78, 5) is 31.7. The first-order chi connectivity index (χ1) is 15.1. The molecular weight excluding hydrogens is 421 g/mol. The quantitative estimate of drug-likeness (QED) is 0.635. The highest BCUT2D eigenvalue weighted by Gasteiger charge is 2.42. The molecule has 8 nitrogen and oxygen atoms in total. The van der Waals surface area contributed by atoms with Gasteiger partial charge in [-0.15, -0.1) is 0 Å². The number of hydrogen-bond donors (Lipinski definition) is 3. The smallest absolute Gasteiger partial charge is 0.241 e. The topological polar surface area (TPSA) is 95.1 Å². The molecule has 2 unspecified atom stereocenters. The van der Waals surface area contributed by atoms with Crippen LogP contribution in [0.5, 0.6) is 5.75 Å². The maximum Gasteiger partial charge on any atom is 0.241 e. The van der Waals surface area contributed by atoms with Crippen molar-refractivity contribution in [3.63, 3.8) is 0 Å². The Morgan fingerprint density at radius 1 is 1.29 bits per heavy atom. The van der Waals surface area contributed by atoms with Crippen molar-refractivity contribution in [2.45, 2.75) is 13.1 Å². The number of fused-ring (bicyclic) bond motifs is 1. The summed E-state index contributed by atoms with van der Waals surface area (Å²) in [6, 6.07) is 13.1. The molecule has 10 heteroatoms. The zero-order valence-corrected chi connectivity index (χ0v) is 17.6. The number of hydrogen-bond acceptors (Lipinski definition) is 7. The van der Waals surface area contributed by atoms with E-state index in [1.54, 1.807) is 36.4 Å². The second-order valence-electron chi connectivity index (χ2n) is 6.91. The number of ether oxygens (including phenoxy) is 1. The van der Waals surface area contributed by atoms with E-state index in [4.69, 9.17) is 4.74 Å². The van der Waals surface area contributed by atoms with E-state index >= 15 is 0 Å². The third-order valence-corrected chi connectivity index (χ3v) is 5.77. The van der Waals surface area contributed by atoms with E-state index in [0.29, 0.717) is 29.8 Å². The lowest BCUT2D eigenvalue weighted by Gasteiger charge is -2.32. The van der Waals surface area contributed by atoms with E-state index in [1.807, 2.05) is 6.92 Å². The molecule has 0 aromatic heterocycles. The van der Waals surface area contributed by atoms with Crippen LogP contribution < -0.4 is 25.8 Å². The number of nitrogens with one attached hydrogen (secondary N) is 3. The number of aliphatic imine (C=N–C) groups is 1. The number of carbonyl (C=O) groups is 2. The predicted octanol–water partition coefficient (Wildman–Crippen LogP) is 2.35. The Bertz CT molecular complexity index is 1000. The lowest BCUT2D eigenvalue weighted by Crippen LogP contribution is -2.49. The maximum atomic E-state index is 13.8. The molecule has 0 aliphatic carbocycles. The number of thioether (sulfide) groups is 1. The third-order valence-electron chi connectivity index (χ3n) is 4.82. The van der Waals surface area contributed by atoms with Crippen molar-refractivity contribution in [3.8, 4) is 5.75 Å². The second kappa shape index (κ2) is 9.46. The van der Waals surface area contributed by atoms with Crippen LogP contribution in [0.1, 0.15) is 6.92 Å². The zero-order valence-electron chi connectivity index (χ0n) is 16.8. The number of amidine groups is 1. The van der Waals surface area contributed by atoms with E-state index in [0.717, 1.165) is 11.8 Å². The molecular formula is C21H22FN5O3S. The Morgan fingerprint density at radius 2 is 2.06 bits per heavy atom. The summed E-state index contributed by atoms with van der Waals surface area (Å²) in [5.41, 5.74) is 6.69. The van der Waals surface area contributed by atoms with E-state index in [2.05, 4.69) is 21.2 Å². The monoisotopic (exact) mass is 443 g/mol. The van der Waals surface area contributed by atoms with Crippen LogP contribution in [0, 0.1) is 11.7 Å². The van der Waals surface area contributed by atoms with Gasteiger partial charge >= 0.3 is 0 Å². The molecule has 2 amide bonds. The fourth-order valence-electron chi connectivity index (χ4n) is 3.34.